The first-order valence-corrected chi connectivity index (χ1v) is 4.35. The first kappa shape index (κ1) is 9.89. The highest BCUT2D eigenvalue weighted by molar-refractivity contribution is 5.66. The Kier molecular flexibility index (Phi) is 3.17. The van der Waals surface area contributed by atoms with Gasteiger partial charge in [0.25, 0.3) is 0 Å². The summed E-state index contributed by atoms with van der Waals surface area (Å²) in [5.74, 6) is -1.32. The van der Waals surface area contributed by atoms with Gasteiger partial charge in [-0.15, -0.1) is 0 Å². The predicted molar refractivity (Wildman–Crippen MR) is 45.8 cm³/mol. The second-order valence-electron chi connectivity index (χ2n) is 3.24. The van der Waals surface area contributed by atoms with Gasteiger partial charge in [0.15, 0.2) is 0 Å². The van der Waals surface area contributed by atoms with E-state index >= 15 is 0 Å². The molecule has 0 unspecified atom stereocenters. The molecule has 0 amide bonds. The molecule has 1 aliphatic rings. The van der Waals surface area contributed by atoms with Crippen molar-refractivity contribution in [2.45, 2.75) is 38.4 Å². The summed E-state index contributed by atoms with van der Waals surface area (Å²) in [7, 11) is 0. The summed E-state index contributed by atoms with van der Waals surface area (Å²) >= 11 is 0. The van der Waals surface area contributed by atoms with Crippen molar-refractivity contribution in [1.82, 2.24) is 0 Å². The van der Waals surface area contributed by atoms with Crippen LogP contribution in [0.3, 0.4) is 0 Å². The zero-order valence-corrected chi connectivity index (χ0v) is 7.66. The Balaban J connectivity index is 2.08. The Morgan fingerprint density at radius 2 is 2.00 bits per heavy atom. The molecule has 4 nitrogen and oxygen atoms in total. The van der Waals surface area contributed by atoms with E-state index in [1.54, 1.807) is 0 Å². The zero-order valence-electron chi connectivity index (χ0n) is 7.66. The van der Waals surface area contributed by atoms with Crippen molar-refractivity contribution in [1.29, 1.82) is 0 Å². The summed E-state index contributed by atoms with van der Waals surface area (Å²) < 4.78 is 10.4. The third-order valence-electron chi connectivity index (χ3n) is 1.96. The second kappa shape index (κ2) is 4.16. The first-order chi connectivity index (χ1) is 6.12. The van der Waals surface area contributed by atoms with Gasteiger partial charge >= 0.3 is 5.97 Å². The smallest absolute Gasteiger partial charge is 0.303 e. The van der Waals surface area contributed by atoms with Crippen molar-refractivity contribution in [3.05, 3.63) is 12.5 Å². The minimum Gasteiger partial charge on any atom is -0.481 e. The minimum atomic E-state index is -0.753. The molecule has 1 heterocycles. The van der Waals surface area contributed by atoms with Crippen LogP contribution < -0.4 is 0 Å². The van der Waals surface area contributed by atoms with Gasteiger partial charge in [0.05, 0.1) is 0 Å². The number of hydrogen-bond acceptors (Lipinski definition) is 3. The van der Waals surface area contributed by atoms with Crippen LogP contribution in [0.25, 0.3) is 0 Å². The maximum atomic E-state index is 10.2. The van der Waals surface area contributed by atoms with Crippen LogP contribution in [-0.2, 0) is 14.3 Å². The van der Waals surface area contributed by atoms with Gasteiger partial charge in [-0.2, -0.15) is 0 Å². The summed E-state index contributed by atoms with van der Waals surface area (Å²) in [5.41, 5.74) is 0. The Morgan fingerprint density at radius 3 is 2.54 bits per heavy atom. The van der Waals surface area contributed by atoms with E-state index in [1.807, 2.05) is 6.92 Å². The fourth-order valence-electron chi connectivity index (χ4n) is 1.21. The van der Waals surface area contributed by atoms with Crippen LogP contribution in [0.1, 0.15) is 32.6 Å². The van der Waals surface area contributed by atoms with E-state index in [-0.39, 0.29) is 6.42 Å². The van der Waals surface area contributed by atoms with Gasteiger partial charge in [-0.1, -0.05) is 0 Å². The SMILES string of the molecule is CC1(CCCCC(=O)O)OC=CO1. The van der Waals surface area contributed by atoms with E-state index < -0.39 is 11.8 Å². The van der Waals surface area contributed by atoms with Crippen molar-refractivity contribution in [3.63, 3.8) is 0 Å². The van der Waals surface area contributed by atoms with Crippen LogP contribution in [0, 0.1) is 0 Å². The third kappa shape index (κ3) is 3.36. The standard InChI is InChI=1S/C9H14O4/c1-9(12-6-7-13-9)5-3-2-4-8(10)11/h6-7H,2-5H2,1H3,(H,10,11). The Morgan fingerprint density at radius 1 is 1.38 bits per heavy atom. The van der Waals surface area contributed by atoms with Crippen molar-refractivity contribution in [3.8, 4) is 0 Å². The van der Waals surface area contributed by atoms with Gasteiger partial charge in [-0.05, 0) is 12.8 Å². The average molecular weight is 186 g/mol. The molecule has 0 radical (unpaired) electrons. The van der Waals surface area contributed by atoms with Gasteiger partial charge < -0.3 is 14.6 Å². The summed E-state index contributed by atoms with van der Waals surface area (Å²) in [4.78, 5) is 10.2. The Labute approximate surface area is 77.1 Å². The van der Waals surface area contributed by atoms with Crippen molar-refractivity contribution >= 4 is 5.97 Å². The number of carboxylic acids is 1. The molecule has 0 saturated carbocycles. The van der Waals surface area contributed by atoms with E-state index in [0.717, 1.165) is 6.42 Å². The van der Waals surface area contributed by atoms with Crippen LogP contribution >= 0.6 is 0 Å². The predicted octanol–water partition coefficient (Wildman–Crippen LogP) is 1.87. The number of aliphatic carboxylic acids is 1. The molecule has 0 aliphatic carbocycles. The molecular weight excluding hydrogens is 172 g/mol. The van der Waals surface area contributed by atoms with Crippen molar-refractivity contribution in [2.24, 2.45) is 0 Å². The number of unbranched alkanes of at least 4 members (excludes halogenated alkanes) is 1. The first-order valence-electron chi connectivity index (χ1n) is 4.35. The van der Waals surface area contributed by atoms with Crippen LogP contribution in [-0.4, -0.2) is 16.9 Å². The van der Waals surface area contributed by atoms with E-state index in [2.05, 4.69) is 0 Å². The molecule has 13 heavy (non-hydrogen) atoms. The van der Waals surface area contributed by atoms with E-state index in [4.69, 9.17) is 14.6 Å². The molecule has 0 spiro atoms. The summed E-state index contributed by atoms with van der Waals surface area (Å²) in [5, 5.41) is 8.39. The maximum Gasteiger partial charge on any atom is 0.303 e. The van der Waals surface area contributed by atoms with E-state index in [1.165, 1.54) is 12.5 Å². The van der Waals surface area contributed by atoms with Crippen LogP contribution in [0.4, 0.5) is 0 Å². The van der Waals surface area contributed by atoms with E-state index in [0.29, 0.717) is 12.8 Å². The molecule has 1 aliphatic heterocycles. The second-order valence-corrected chi connectivity index (χ2v) is 3.24. The molecule has 0 aromatic rings. The van der Waals surface area contributed by atoms with Gasteiger partial charge in [-0.3, -0.25) is 4.79 Å². The zero-order chi connectivity index (χ0) is 9.73. The average Bonchev–Trinajstić information content (AvgIpc) is 2.47. The van der Waals surface area contributed by atoms with Gasteiger partial charge in [0.2, 0.25) is 5.79 Å². The van der Waals surface area contributed by atoms with Gasteiger partial charge in [-0.25, -0.2) is 0 Å². The lowest BCUT2D eigenvalue weighted by molar-refractivity contribution is -0.139. The maximum absolute atomic E-state index is 10.2. The van der Waals surface area contributed by atoms with Gasteiger partial charge in [0.1, 0.15) is 12.5 Å². The lowest BCUT2D eigenvalue weighted by Crippen LogP contribution is -2.24. The topological polar surface area (TPSA) is 55.8 Å². The molecule has 0 atom stereocenters. The number of hydrogen-bond donors (Lipinski definition) is 1. The number of carboxylic acid groups (broad SMARTS) is 1. The van der Waals surface area contributed by atoms with E-state index in [9.17, 15) is 4.79 Å². The molecule has 4 heteroatoms. The summed E-state index contributed by atoms with van der Waals surface area (Å²) in [6.45, 7) is 1.84. The number of carbonyl (C=O) groups is 1. The number of rotatable bonds is 5. The fraction of sp³-hybridized carbons (Fsp3) is 0.667. The van der Waals surface area contributed by atoms with Crippen molar-refractivity contribution < 1.29 is 19.4 Å². The summed E-state index contributed by atoms with van der Waals surface area (Å²) in [6.07, 6.45) is 5.41. The molecule has 0 saturated heterocycles. The minimum absolute atomic E-state index is 0.212. The molecule has 0 fully saturated rings. The Bertz CT molecular complexity index is 202. The molecule has 1 N–H and O–H groups in total. The fourth-order valence-corrected chi connectivity index (χ4v) is 1.21. The number of ether oxygens (including phenoxy) is 2. The summed E-state index contributed by atoms with van der Waals surface area (Å²) in [6, 6.07) is 0. The molecular formula is C9H14O4. The molecule has 74 valence electrons. The van der Waals surface area contributed by atoms with Crippen LogP contribution in [0.15, 0.2) is 12.5 Å². The lowest BCUT2D eigenvalue weighted by Gasteiger charge is -2.22. The highest BCUT2D eigenvalue weighted by Gasteiger charge is 2.28. The van der Waals surface area contributed by atoms with Crippen molar-refractivity contribution in [2.75, 3.05) is 0 Å². The highest BCUT2D eigenvalue weighted by atomic mass is 16.7. The Hall–Kier alpha value is -1.19. The quantitative estimate of drug-likeness (QED) is 0.666. The largest absolute Gasteiger partial charge is 0.481 e. The molecule has 0 bridgehead atoms. The third-order valence-corrected chi connectivity index (χ3v) is 1.96. The molecule has 0 aromatic carbocycles. The highest BCUT2D eigenvalue weighted by Crippen LogP contribution is 2.25. The van der Waals surface area contributed by atoms with Crippen LogP contribution in [0.5, 0.6) is 0 Å². The monoisotopic (exact) mass is 186 g/mol. The van der Waals surface area contributed by atoms with Crippen LogP contribution in [0.2, 0.25) is 0 Å². The molecule has 1 rings (SSSR count). The lowest BCUT2D eigenvalue weighted by atomic mass is 10.1. The van der Waals surface area contributed by atoms with Gasteiger partial charge in [0, 0.05) is 19.8 Å². The normalized spacial score (nSPS) is 17.9. The molecule has 0 aromatic heterocycles.